The minimum Gasteiger partial charge on any atom is -0.453 e. The topological polar surface area (TPSA) is 72.6 Å². The molecule has 0 aliphatic carbocycles. The van der Waals surface area contributed by atoms with Crippen molar-refractivity contribution >= 4 is 11.9 Å². The average Bonchev–Trinajstić information content (AvgIpc) is 2.64. The molecule has 1 aliphatic rings. The average molecular weight is 200 g/mol. The second kappa shape index (κ2) is 4.41. The van der Waals surface area contributed by atoms with E-state index < -0.39 is 6.04 Å². The summed E-state index contributed by atoms with van der Waals surface area (Å²) in [4.78, 5) is 24.1. The van der Waals surface area contributed by atoms with Gasteiger partial charge in [0.1, 0.15) is 0 Å². The molecule has 0 saturated carbocycles. The van der Waals surface area contributed by atoms with Crippen LogP contribution in [0.2, 0.25) is 0 Å². The van der Waals surface area contributed by atoms with Crippen LogP contribution in [0.4, 0.5) is 4.79 Å². The lowest BCUT2D eigenvalue weighted by molar-refractivity contribution is -0.123. The van der Waals surface area contributed by atoms with Crippen molar-refractivity contribution in [3.05, 3.63) is 0 Å². The van der Waals surface area contributed by atoms with Crippen LogP contribution in [0.3, 0.4) is 0 Å². The van der Waals surface area contributed by atoms with Gasteiger partial charge < -0.3 is 15.4 Å². The van der Waals surface area contributed by atoms with E-state index in [-0.39, 0.29) is 17.8 Å². The van der Waals surface area contributed by atoms with Crippen LogP contribution in [0.1, 0.15) is 13.3 Å². The summed E-state index contributed by atoms with van der Waals surface area (Å²) in [7, 11) is 1.34. The van der Waals surface area contributed by atoms with Gasteiger partial charge in [0.25, 0.3) is 0 Å². The quantitative estimate of drug-likeness (QED) is 0.680. The van der Waals surface area contributed by atoms with Crippen LogP contribution in [-0.4, -0.2) is 43.0 Å². The highest BCUT2D eigenvalue weighted by Gasteiger charge is 2.32. The summed E-state index contributed by atoms with van der Waals surface area (Å²) in [6.45, 7) is 2.69. The molecular formula is C9H16N2O3. The first-order valence-electron chi connectivity index (χ1n) is 4.68. The monoisotopic (exact) mass is 200 g/mol. The van der Waals surface area contributed by atoms with Crippen molar-refractivity contribution in [1.82, 2.24) is 4.90 Å². The fraction of sp³-hybridized carbons (Fsp3) is 0.778. The highest BCUT2D eigenvalue weighted by molar-refractivity contribution is 5.86. The molecule has 2 atom stereocenters. The summed E-state index contributed by atoms with van der Waals surface area (Å²) < 4.78 is 4.57. The molecule has 14 heavy (non-hydrogen) atoms. The third-order valence-electron chi connectivity index (χ3n) is 2.47. The molecule has 1 aliphatic heterocycles. The van der Waals surface area contributed by atoms with E-state index in [1.165, 1.54) is 12.0 Å². The molecule has 1 heterocycles. The van der Waals surface area contributed by atoms with Crippen LogP contribution in [0.15, 0.2) is 0 Å². The van der Waals surface area contributed by atoms with Crippen LogP contribution in [0, 0.1) is 5.92 Å². The number of nitrogens with two attached hydrogens (primary N) is 1. The fourth-order valence-corrected chi connectivity index (χ4v) is 1.66. The number of ketones is 1. The molecule has 1 fully saturated rings. The maximum Gasteiger partial charge on any atom is 0.409 e. The summed E-state index contributed by atoms with van der Waals surface area (Å²) in [6, 6.07) is -0.447. The molecular weight excluding hydrogens is 184 g/mol. The Labute approximate surface area is 83.2 Å². The van der Waals surface area contributed by atoms with E-state index in [1.807, 2.05) is 0 Å². The van der Waals surface area contributed by atoms with Gasteiger partial charge in [-0.05, 0) is 13.3 Å². The minimum atomic E-state index is -0.447. The van der Waals surface area contributed by atoms with E-state index in [0.29, 0.717) is 19.5 Å². The summed E-state index contributed by atoms with van der Waals surface area (Å²) in [6.07, 6.45) is 0.320. The lowest BCUT2D eigenvalue weighted by atomic mass is 9.99. The molecule has 0 radical (unpaired) electrons. The van der Waals surface area contributed by atoms with Gasteiger partial charge in [-0.2, -0.15) is 0 Å². The molecule has 2 N–H and O–H groups in total. The molecule has 80 valence electrons. The minimum absolute atomic E-state index is 0.0244. The number of nitrogens with zero attached hydrogens (tertiary/aromatic N) is 1. The van der Waals surface area contributed by atoms with Crippen molar-refractivity contribution in [1.29, 1.82) is 0 Å². The van der Waals surface area contributed by atoms with Crippen molar-refractivity contribution in [3.8, 4) is 0 Å². The van der Waals surface area contributed by atoms with E-state index in [1.54, 1.807) is 6.92 Å². The number of amides is 1. The number of ether oxygens (including phenoxy) is 1. The number of Topliss-reactive ketones (excluding diaryl/α,β-unsaturated/α-hetero) is 1. The number of hydrogen-bond donors (Lipinski definition) is 1. The number of likely N-dealkylation sites (tertiary alicyclic amines) is 1. The zero-order valence-corrected chi connectivity index (χ0v) is 8.53. The normalized spacial score (nSPS) is 23.4. The van der Waals surface area contributed by atoms with Crippen molar-refractivity contribution in [3.63, 3.8) is 0 Å². The van der Waals surface area contributed by atoms with E-state index in [0.717, 1.165) is 0 Å². The molecule has 0 aromatic carbocycles. The number of rotatable bonds is 2. The Kier molecular flexibility index (Phi) is 3.46. The van der Waals surface area contributed by atoms with Crippen molar-refractivity contribution in [2.75, 3.05) is 20.2 Å². The van der Waals surface area contributed by atoms with E-state index in [2.05, 4.69) is 4.74 Å². The molecule has 0 spiro atoms. The largest absolute Gasteiger partial charge is 0.453 e. The van der Waals surface area contributed by atoms with Gasteiger partial charge >= 0.3 is 6.09 Å². The first kappa shape index (κ1) is 11.0. The highest BCUT2D eigenvalue weighted by Crippen LogP contribution is 2.18. The molecule has 1 saturated heterocycles. The van der Waals surface area contributed by atoms with Crippen LogP contribution >= 0.6 is 0 Å². The Bertz CT molecular complexity index is 240. The first-order valence-corrected chi connectivity index (χ1v) is 4.68. The highest BCUT2D eigenvalue weighted by atomic mass is 16.5. The summed E-state index contributed by atoms with van der Waals surface area (Å²) in [5, 5.41) is 0. The SMILES string of the molecule is COC(=O)N1CCC(C(=O)C(C)N)C1. The van der Waals surface area contributed by atoms with Crippen molar-refractivity contribution in [2.24, 2.45) is 11.7 Å². The van der Waals surface area contributed by atoms with Crippen molar-refractivity contribution in [2.45, 2.75) is 19.4 Å². The van der Waals surface area contributed by atoms with E-state index in [9.17, 15) is 9.59 Å². The van der Waals surface area contributed by atoms with Crippen LogP contribution in [-0.2, 0) is 9.53 Å². The zero-order valence-electron chi connectivity index (χ0n) is 8.53. The van der Waals surface area contributed by atoms with Gasteiger partial charge in [-0.25, -0.2) is 4.79 Å². The lowest BCUT2D eigenvalue weighted by Gasteiger charge is -2.14. The Morgan fingerprint density at radius 2 is 2.21 bits per heavy atom. The summed E-state index contributed by atoms with van der Waals surface area (Å²) in [5.74, 6) is -0.0921. The molecule has 2 unspecified atom stereocenters. The van der Waals surface area contributed by atoms with Crippen LogP contribution in [0.25, 0.3) is 0 Å². The first-order chi connectivity index (χ1) is 6.56. The molecule has 0 aromatic heterocycles. The van der Waals surface area contributed by atoms with Gasteiger partial charge in [0.2, 0.25) is 0 Å². The number of hydrogen-bond acceptors (Lipinski definition) is 4. The van der Waals surface area contributed by atoms with Crippen LogP contribution in [0.5, 0.6) is 0 Å². The van der Waals surface area contributed by atoms with Gasteiger partial charge in [-0.1, -0.05) is 0 Å². The predicted octanol–water partition coefficient (Wildman–Crippen LogP) is -0.00900. The molecule has 1 rings (SSSR count). The molecule has 5 heteroatoms. The van der Waals surface area contributed by atoms with E-state index in [4.69, 9.17) is 5.73 Å². The lowest BCUT2D eigenvalue weighted by Crippen LogP contribution is -2.35. The smallest absolute Gasteiger partial charge is 0.409 e. The second-order valence-electron chi connectivity index (χ2n) is 3.59. The Balaban J connectivity index is 2.49. The van der Waals surface area contributed by atoms with Crippen molar-refractivity contribution < 1.29 is 14.3 Å². The second-order valence-corrected chi connectivity index (χ2v) is 3.59. The summed E-state index contributed by atoms with van der Waals surface area (Å²) in [5.41, 5.74) is 5.49. The van der Waals surface area contributed by atoms with Crippen LogP contribution < -0.4 is 5.73 Å². The Hall–Kier alpha value is -1.10. The Morgan fingerprint density at radius 3 is 2.71 bits per heavy atom. The number of carbonyl (C=O) groups is 2. The maximum atomic E-state index is 11.5. The third kappa shape index (κ3) is 2.23. The fourth-order valence-electron chi connectivity index (χ4n) is 1.66. The van der Waals surface area contributed by atoms with E-state index >= 15 is 0 Å². The zero-order chi connectivity index (χ0) is 10.7. The molecule has 0 aromatic rings. The predicted molar refractivity (Wildman–Crippen MR) is 50.7 cm³/mol. The van der Waals surface area contributed by atoms with Gasteiger partial charge in [0.05, 0.1) is 13.2 Å². The third-order valence-corrected chi connectivity index (χ3v) is 2.47. The summed E-state index contributed by atoms with van der Waals surface area (Å²) >= 11 is 0. The Morgan fingerprint density at radius 1 is 1.57 bits per heavy atom. The van der Waals surface area contributed by atoms with Gasteiger partial charge in [-0.3, -0.25) is 4.79 Å². The molecule has 0 bridgehead atoms. The maximum absolute atomic E-state index is 11.5. The standard InChI is InChI=1S/C9H16N2O3/c1-6(10)8(12)7-3-4-11(5-7)9(13)14-2/h6-7H,3-5,10H2,1-2H3. The molecule has 5 nitrogen and oxygen atoms in total. The molecule has 1 amide bonds. The van der Waals surface area contributed by atoms with Gasteiger partial charge in [-0.15, -0.1) is 0 Å². The van der Waals surface area contributed by atoms with Gasteiger partial charge in [0, 0.05) is 19.0 Å². The number of carbonyl (C=O) groups excluding carboxylic acids is 2. The van der Waals surface area contributed by atoms with Gasteiger partial charge in [0.15, 0.2) is 5.78 Å². The number of methoxy groups -OCH3 is 1.